The molecule has 0 atom stereocenters. The van der Waals surface area contributed by atoms with Crippen molar-refractivity contribution in [2.24, 2.45) is 0 Å². The first-order valence-electron chi connectivity index (χ1n) is 32.3. The van der Waals surface area contributed by atoms with Crippen molar-refractivity contribution in [1.29, 1.82) is 0 Å². The molecule has 6 nitrogen and oxygen atoms in total. The molecule has 7 heteroatoms. The number of imidazole rings is 1. The number of hydrogen-bond acceptors (Lipinski definition) is 4. The monoisotopic (exact) mass is 1390 g/mol. The summed E-state index contributed by atoms with van der Waals surface area (Å²) in [5.74, 6) is 2.24. The zero-order valence-electron chi connectivity index (χ0n) is 54.4. The fourth-order valence-electron chi connectivity index (χ4n) is 14.3. The summed E-state index contributed by atoms with van der Waals surface area (Å²) in [5.41, 5.74) is 25.4. The molecule has 93 heavy (non-hydrogen) atoms. The second-order valence-corrected chi connectivity index (χ2v) is 29.1. The SMILES string of the molecule is Cc1cc(N2c3ccccc3C3(c4ccccc4N(c4cc(C(C)(C)C)cc(C(C)(C)C)c4)c4ccccc43)c3ccc(Oc4cccc(-n5[c](=[Pt])n(-c6c(-c7ccccc7)cccc6-c6ccccc6)c6ccccc65)c4)cc32)ncc1-c1ccc(C(C)(C)C)cc1. The van der Waals surface area contributed by atoms with Crippen LogP contribution in [0.1, 0.15) is 107 Å². The van der Waals surface area contributed by atoms with Gasteiger partial charge in [-0.3, -0.25) is 0 Å². The van der Waals surface area contributed by atoms with Crippen molar-refractivity contribution in [2.45, 2.75) is 90.9 Å². The molecule has 0 saturated carbocycles. The predicted molar refractivity (Wildman–Crippen MR) is 382 cm³/mol. The van der Waals surface area contributed by atoms with E-state index < -0.39 is 5.41 Å². The van der Waals surface area contributed by atoms with Gasteiger partial charge in [-0.05, 0) is 75.3 Å². The third-order valence-corrected chi connectivity index (χ3v) is 20.0. The van der Waals surface area contributed by atoms with Gasteiger partial charge in [-0.2, -0.15) is 0 Å². The van der Waals surface area contributed by atoms with Crippen LogP contribution in [0, 0.1) is 10.7 Å². The number of benzene rings is 11. The van der Waals surface area contributed by atoms with E-state index in [1.807, 2.05) is 0 Å². The summed E-state index contributed by atoms with van der Waals surface area (Å²) in [6.07, 6.45) is 2.06. The van der Waals surface area contributed by atoms with Crippen molar-refractivity contribution in [3.8, 4) is 56.3 Å². The Morgan fingerprint density at radius 3 is 1.39 bits per heavy atom. The van der Waals surface area contributed by atoms with Crippen LogP contribution in [0.3, 0.4) is 0 Å². The van der Waals surface area contributed by atoms with Gasteiger partial charge in [0, 0.05) is 17.4 Å². The van der Waals surface area contributed by atoms with Crippen molar-refractivity contribution >= 4 is 45.3 Å². The van der Waals surface area contributed by atoms with E-state index >= 15 is 0 Å². The van der Waals surface area contributed by atoms with E-state index in [1.165, 1.54) is 33.4 Å². The molecule has 11 aromatic carbocycles. The fraction of sp³-hybridized carbons (Fsp3) is 0.163. The fourth-order valence-corrected chi connectivity index (χ4v) is 15.4. The molecule has 0 saturated heterocycles. The number of hydrogen-bond donors (Lipinski definition) is 0. The van der Waals surface area contributed by atoms with E-state index in [4.69, 9.17) is 9.72 Å². The Morgan fingerprint density at radius 2 is 0.839 bits per heavy atom. The third kappa shape index (κ3) is 10.1. The third-order valence-electron chi connectivity index (χ3n) is 19.0. The molecule has 0 bridgehead atoms. The second-order valence-electron chi connectivity index (χ2n) is 28.0. The second kappa shape index (κ2) is 22.8. The quantitative estimate of drug-likeness (QED) is 0.144. The van der Waals surface area contributed by atoms with Gasteiger partial charge in [-0.15, -0.1) is 0 Å². The minimum Gasteiger partial charge on any atom is -0.0579 e. The van der Waals surface area contributed by atoms with Crippen LogP contribution in [0.2, 0.25) is 0 Å². The number of pyridine rings is 1. The van der Waals surface area contributed by atoms with Crippen LogP contribution < -0.4 is 14.5 Å². The summed E-state index contributed by atoms with van der Waals surface area (Å²) in [6, 6.07) is 97.9. The summed E-state index contributed by atoms with van der Waals surface area (Å²) in [7, 11) is 0. The predicted octanol–water partition coefficient (Wildman–Crippen LogP) is 22.8. The average molecular weight is 1390 g/mol. The van der Waals surface area contributed by atoms with Gasteiger partial charge < -0.3 is 4.90 Å². The minimum absolute atomic E-state index is 0.0433. The Morgan fingerprint density at radius 1 is 0.366 bits per heavy atom. The molecule has 0 radical (unpaired) electrons. The van der Waals surface area contributed by atoms with Gasteiger partial charge in [0.25, 0.3) is 0 Å². The number of ether oxygens (including phenoxy) is 1. The Hall–Kier alpha value is -9.87. The Bertz CT molecular complexity index is 4980. The van der Waals surface area contributed by atoms with Crippen LogP contribution in [0.25, 0.3) is 55.8 Å². The summed E-state index contributed by atoms with van der Waals surface area (Å²) in [4.78, 5) is 10.4. The first-order valence-corrected chi connectivity index (χ1v) is 33.5. The molecule has 1 spiro atoms. The van der Waals surface area contributed by atoms with E-state index in [1.54, 1.807) is 0 Å². The Balaban J connectivity index is 0.914. The van der Waals surface area contributed by atoms with Gasteiger partial charge in [0.15, 0.2) is 0 Å². The number of nitrogens with zero attached hydrogens (tertiary/aromatic N) is 5. The van der Waals surface area contributed by atoms with Crippen LogP contribution in [-0.4, -0.2) is 14.1 Å². The number of aryl methyl sites for hydroxylation is 1. The minimum atomic E-state index is -0.788. The smallest absolute Gasteiger partial charge is 0.0579 e. The van der Waals surface area contributed by atoms with Crippen molar-refractivity contribution in [1.82, 2.24) is 14.1 Å². The van der Waals surface area contributed by atoms with Crippen molar-refractivity contribution in [3.63, 3.8) is 0 Å². The van der Waals surface area contributed by atoms with Crippen molar-refractivity contribution in [2.75, 3.05) is 9.80 Å². The molecule has 2 aromatic heterocycles. The summed E-state index contributed by atoms with van der Waals surface area (Å²) < 4.78 is 13.1. The van der Waals surface area contributed by atoms with Gasteiger partial charge in [0.2, 0.25) is 0 Å². The van der Waals surface area contributed by atoms with Gasteiger partial charge in [-0.25, -0.2) is 0 Å². The summed E-state index contributed by atoms with van der Waals surface area (Å²) >= 11 is 2.53. The summed E-state index contributed by atoms with van der Waals surface area (Å²) in [5, 5.41) is 0. The van der Waals surface area contributed by atoms with E-state index in [0.717, 1.165) is 105 Å². The van der Waals surface area contributed by atoms with Crippen LogP contribution >= 0.6 is 0 Å². The van der Waals surface area contributed by atoms with Gasteiger partial charge in [0.05, 0.1) is 11.4 Å². The summed E-state index contributed by atoms with van der Waals surface area (Å²) in [6.45, 7) is 22.9. The molecule has 0 amide bonds. The molecular formula is C86H75N5OPt. The normalized spacial score (nSPS) is 13.4. The van der Waals surface area contributed by atoms with Crippen LogP contribution in [0.5, 0.6) is 11.5 Å². The first-order chi connectivity index (χ1) is 44.9. The number of para-hydroxylation sites is 6. The van der Waals surface area contributed by atoms with Crippen LogP contribution in [0.15, 0.2) is 273 Å². The maximum absolute atomic E-state index is 7.30. The molecule has 4 heterocycles. The topological polar surface area (TPSA) is 38.5 Å². The molecule has 0 fully saturated rings. The molecule has 13 aromatic rings. The van der Waals surface area contributed by atoms with Gasteiger partial charge >= 0.3 is 306 Å². The standard InChI is InChI=1S/C86H75N5O.Pt/c1-57-49-81(87-55-70(57)60-43-45-61(46-44-60)83(2,3)4)91-77-40-22-19-37-73(77)86(71-35-17-20-38-75(71)90(76-39-21-18-36-72(76)86)65-51-62(84(5,6)7)50-63(52-65)85(8,9)10)74-48-47-67(54-80(74)91)92-66-32-25-31-64(53-66)88-56-89(79-42-24-23-41-78(79)88)82-68(58-27-13-11-14-28-58)33-26-34-69(82)59-29-15-12-16-30-59;/h11-55H,1-10H3;. The average Bonchev–Trinajstić information content (AvgIpc) is 1.10. The van der Waals surface area contributed by atoms with Crippen molar-refractivity contribution in [3.05, 3.63) is 321 Å². The number of aromatic nitrogens is 3. The van der Waals surface area contributed by atoms with E-state index in [-0.39, 0.29) is 16.2 Å². The molecule has 460 valence electrons. The first kappa shape index (κ1) is 59.4. The van der Waals surface area contributed by atoms with Crippen LogP contribution in [-0.2, 0) is 41.0 Å². The Kier molecular flexibility index (Phi) is 14.5. The van der Waals surface area contributed by atoms with E-state index in [2.05, 4.69) is 381 Å². The molecular weight excluding hydrogens is 1310 g/mol. The molecule has 15 rings (SSSR count). The number of fused-ring (bicyclic) bond motifs is 9. The molecule has 0 aliphatic carbocycles. The zero-order chi connectivity index (χ0) is 64.1. The van der Waals surface area contributed by atoms with E-state index in [9.17, 15) is 0 Å². The molecule has 0 unspecified atom stereocenters. The molecule has 2 aliphatic rings. The Labute approximate surface area is 558 Å². The molecule has 0 N–H and O–H groups in total. The number of rotatable bonds is 9. The number of anilines is 6. The van der Waals surface area contributed by atoms with Gasteiger partial charge in [-0.1, -0.05) is 147 Å². The van der Waals surface area contributed by atoms with Gasteiger partial charge in [0.1, 0.15) is 0 Å². The zero-order valence-corrected chi connectivity index (χ0v) is 56.7. The maximum atomic E-state index is 7.30. The molecule has 2 aliphatic heterocycles. The van der Waals surface area contributed by atoms with Crippen LogP contribution in [0.4, 0.5) is 34.3 Å². The van der Waals surface area contributed by atoms with Crippen molar-refractivity contribution < 1.29 is 24.1 Å². The van der Waals surface area contributed by atoms with E-state index in [0.29, 0.717) is 11.5 Å².